The van der Waals surface area contributed by atoms with Crippen LogP contribution < -0.4 is 10.1 Å². The van der Waals surface area contributed by atoms with E-state index in [-0.39, 0.29) is 6.04 Å². The van der Waals surface area contributed by atoms with E-state index >= 15 is 0 Å². The van der Waals surface area contributed by atoms with Crippen molar-refractivity contribution in [2.75, 3.05) is 13.7 Å². The Morgan fingerprint density at radius 3 is 2.78 bits per heavy atom. The highest BCUT2D eigenvalue weighted by molar-refractivity contribution is 7.08. The molecule has 0 fully saturated rings. The zero-order chi connectivity index (χ0) is 13.0. The fraction of sp³-hybridized carbons (Fsp3) is 0.333. The molecule has 0 amide bonds. The number of thiophene rings is 1. The Labute approximate surface area is 113 Å². The van der Waals surface area contributed by atoms with Crippen molar-refractivity contribution < 1.29 is 4.74 Å². The van der Waals surface area contributed by atoms with E-state index < -0.39 is 0 Å². The second kappa shape index (κ2) is 6.03. The summed E-state index contributed by atoms with van der Waals surface area (Å²) < 4.78 is 5.31. The fourth-order valence-electron chi connectivity index (χ4n) is 2.10. The zero-order valence-electron chi connectivity index (χ0n) is 11.1. The van der Waals surface area contributed by atoms with Gasteiger partial charge in [0.25, 0.3) is 0 Å². The highest BCUT2D eigenvalue weighted by Gasteiger charge is 2.16. The molecule has 1 aromatic heterocycles. The summed E-state index contributed by atoms with van der Waals surface area (Å²) in [7, 11) is 1.71. The number of hydrogen-bond donors (Lipinski definition) is 1. The number of ether oxygens (including phenoxy) is 1. The van der Waals surface area contributed by atoms with E-state index in [4.69, 9.17) is 4.74 Å². The van der Waals surface area contributed by atoms with Gasteiger partial charge in [0.1, 0.15) is 5.75 Å². The predicted molar refractivity (Wildman–Crippen MR) is 77.6 cm³/mol. The molecule has 0 saturated heterocycles. The minimum atomic E-state index is 0.247. The third kappa shape index (κ3) is 2.74. The molecule has 96 valence electrons. The lowest BCUT2D eigenvalue weighted by Gasteiger charge is -2.19. The van der Waals surface area contributed by atoms with Crippen molar-refractivity contribution in [2.45, 2.75) is 19.9 Å². The predicted octanol–water partition coefficient (Wildman–Crippen LogP) is 3.76. The van der Waals surface area contributed by atoms with Gasteiger partial charge in [0, 0.05) is 0 Å². The Morgan fingerprint density at radius 1 is 1.33 bits per heavy atom. The van der Waals surface area contributed by atoms with Gasteiger partial charge in [0.15, 0.2) is 0 Å². The Kier molecular flexibility index (Phi) is 4.39. The molecular formula is C15H19NOS. The standard InChI is InChI=1S/C15H19NOS/c1-4-16-15(14-10-18-9-11(14)2)12-6-5-7-13(8-12)17-3/h5-10,15-16H,4H2,1-3H3. The Hall–Kier alpha value is -1.32. The van der Waals surface area contributed by atoms with E-state index in [1.807, 2.05) is 12.1 Å². The Balaban J connectivity index is 2.38. The van der Waals surface area contributed by atoms with Crippen molar-refractivity contribution in [1.82, 2.24) is 5.32 Å². The van der Waals surface area contributed by atoms with Gasteiger partial charge >= 0.3 is 0 Å². The summed E-state index contributed by atoms with van der Waals surface area (Å²) in [5, 5.41) is 7.96. The van der Waals surface area contributed by atoms with Crippen LogP contribution in [0.3, 0.4) is 0 Å². The van der Waals surface area contributed by atoms with Gasteiger partial charge in [-0.2, -0.15) is 11.3 Å². The molecule has 2 aromatic rings. The van der Waals surface area contributed by atoms with Crippen LogP contribution in [-0.2, 0) is 0 Å². The second-order valence-corrected chi connectivity index (χ2v) is 5.02. The molecule has 0 radical (unpaired) electrons. The molecule has 18 heavy (non-hydrogen) atoms. The van der Waals surface area contributed by atoms with Gasteiger partial charge in [-0.25, -0.2) is 0 Å². The van der Waals surface area contributed by atoms with E-state index in [9.17, 15) is 0 Å². The quantitative estimate of drug-likeness (QED) is 0.884. The monoisotopic (exact) mass is 261 g/mol. The Bertz CT molecular complexity index is 507. The highest BCUT2D eigenvalue weighted by Crippen LogP contribution is 2.29. The van der Waals surface area contributed by atoms with Crippen molar-refractivity contribution in [2.24, 2.45) is 0 Å². The van der Waals surface area contributed by atoms with Crippen molar-refractivity contribution in [1.29, 1.82) is 0 Å². The minimum Gasteiger partial charge on any atom is -0.497 e. The molecule has 1 unspecified atom stereocenters. The van der Waals surface area contributed by atoms with Crippen LogP contribution in [-0.4, -0.2) is 13.7 Å². The van der Waals surface area contributed by atoms with Gasteiger partial charge in [0.2, 0.25) is 0 Å². The maximum atomic E-state index is 5.31. The molecule has 1 aromatic carbocycles. The molecule has 2 rings (SSSR count). The number of rotatable bonds is 5. The highest BCUT2D eigenvalue weighted by atomic mass is 32.1. The summed E-state index contributed by atoms with van der Waals surface area (Å²) in [4.78, 5) is 0. The van der Waals surface area contributed by atoms with E-state index in [2.05, 4.69) is 42.1 Å². The van der Waals surface area contributed by atoms with E-state index in [1.54, 1.807) is 18.4 Å². The van der Waals surface area contributed by atoms with Crippen molar-refractivity contribution in [3.05, 3.63) is 51.7 Å². The summed E-state index contributed by atoms with van der Waals surface area (Å²) in [6.45, 7) is 5.24. The van der Waals surface area contributed by atoms with Crippen molar-refractivity contribution in [3.63, 3.8) is 0 Å². The largest absolute Gasteiger partial charge is 0.497 e. The number of benzene rings is 1. The Morgan fingerprint density at radius 2 is 2.17 bits per heavy atom. The molecule has 0 aliphatic rings. The van der Waals surface area contributed by atoms with Crippen molar-refractivity contribution >= 4 is 11.3 Å². The summed E-state index contributed by atoms with van der Waals surface area (Å²) >= 11 is 1.75. The van der Waals surface area contributed by atoms with Crippen LogP contribution in [0.1, 0.15) is 29.7 Å². The lowest BCUT2D eigenvalue weighted by molar-refractivity contribution is 0.413. The van der Waals surface area contributed by atoms with E-state index in [0.29, 0.717) is 0 Å². The molecule has 0 bridgehead atoms. The number of methoxy groups -OCH3 is 1. The molecule has 1 atom stereocenters. The van der Waals surface area contributed by atoms with Crippen LogP contribution in [0.15, 0.2) is 35.0 Å². The number of hydrogen-bond acceptors (Lipinski definition) is 3. The van der Waals surface area contributed by atoms with Gasteiger partial charge in [-0.3, -0.25) is 0 Å². The summed E-state index contributed by atoms with van der Waals surface area (Å²) in [5.74, 6) is 0.906. The average molecular weight is 261 g/mol. The maximum absolute atomic E-state index is 5.31. The molecule has 0 aliphatic heterocycles. The van der Waals surface area contributed by atoms with Crippen LogP contribution in [0, 0.1) is 6.92 Å². The van der Waals surface area contributed by atoms with Gasteiger partial charge < -0.3 is 10.1 Å². The van der Waals surface area contributed by atoms with Crippen LogP contribution in [0.5, 0.6) is 5.75 Å². The average Bonchev–Trinajstić information content (AvgIpc) is 2.82. The van der Waals surface area contributed by atoms with Gasteiger partial charge in [-0.05, 0) is 53.1 Å². The topological polar surface area (TPSA) is 21.3 Å². The van der Waals surface area contributed by atoms with Gasteiger partial charge in [-0.1, -0.05) is 19.1 Å². The van der Waals surface area contributed by atoms with E-state index in [1.165, 1.54) is 16.7 Å². The molecule has 0 saturated carbocycles. The zero-order valence-corrected chi connectivity index (χ0v) is 11.9. The van der Waals surface area contributed by atoms with E-state index in [0.717, 1.165) is 12.3 Å². The smallest absolute Gasteiger partial charge is 0.119 e. The lowest BCUT2D eigenvalue weighted by atomic mass is 9.98. The first-order valence-electron chi connectivity index (χ1n) is 6.16. The van der Waals surface area contributed by atoms with Crippen LogP contribution in [0.2, 0.25) is 0 Å². The summed E-state index contributed by atoms with van der Waals surface area (Å²) in [6, 6.07) is 8.52. The number of aryl methyl sites for hydroxylation is 1. The molecular weight excluding hydrogens is 242 g/mol. The molecule has 0 spiro atoms. The van der Waals surface area contributed by atoms with Crippen molar-refractivity contribution in [3.8, 4) is 5.75 Å². The summed E-state index contributed by atoms with van der Waals surface area (Å²) in [5.41, 5.74) is 3.95. The second-order valence-electron chi connectivity index (χ2n) is 4.28. The van der Waals surface area contributed by atoms with Gasteiger partial charge in [-0.15, -0.1) is 0 Å². The van der Waals surface area contributed by atoms with Gasteiger partial charge in [0.05, 0.1) is 13.2 Å². The summed E-state index contributed by atoms with van der Waals surface area (Å²) in [6.07, 6.45) is 0. The minimum absolute atomic E-state index is 0.247. The SMILES string of the molecule is CCNC(c1cccc(OC)c1)c1cscc1C. The van der Waals surface area contributed by atoms with Crippen LogP contribution in [0.4, 0.5) is 0 Å². The lowest BCUT2D eigenvalue weighted by Crippen LogP contribution is -2.22. The maximum Gasteiger partial charge on any atom is 0.119 e. The normalized spacial score (nSPS) is 12.4. The molecule has 2 nitrogen and oxygen atoms in total. The first kappa shape index (κ1) is 13.1. The third-order valence-electron chi connectivity index (χ3n) is 3.04. The van der Waals surface area contributed by atoms with Crippen LogP contribution in [0.25, 0.3) is 0 Å². The van der Waals surface area contributed by atoms with Crippen LogP contribution >= 0.6 is 11.3 Å². The molecule has 1 heterocycles. The number of nitrogens with one attached hydrogen (secondary N) is 1. The molecule has 1 N–H and O–H groups in total. The molecule has 0 aliphatic carbocycles. The third-order valence-corrected chi connectivity index (χ3v) is 3.92. The molecule has 3 heteroatoms. The first-order chi connectivity index (χ1) is 8.76. The fourth-order valence-corrected chi connectivity index (χ4v) is 2.98. The first-order valence-corrected chi connectivity index (χ1v) is 7.10.